The standard InChI is InChI=1S/C16H18N2O3/c19-16(20)13(18-12-6-7-12)8-10-21-14-5-1-3-11-4-2-9-17-15(11)14/h1-5,9,12-13,18H,6-8,10H2,(H,19,20). The third kappa shape index (κ3) is 3.49. The van der Waals surface area contributed by atoms with Gasteiger partial charge in [0.1, 0.15) is 17.3 Å². The summed E-state index contributed by atoms with van der Waals surface area (Å²) in [5.74, 6) is -0.120. The fraction of sp³-hybridized carbons (Fsp3) is 0.375. The summed E-state index contributed by atoms with van der Waals surface area (Å²) >= 11 is 0. The lowest BCUT2D eigenvalue weighted by Crippen LogP contribution is -2.39. The van der Waals surface area contributed by atoms with Gasteiger partial charge in [0, 0.05) is 24.0 Å². The number of carbonyl (C=O) groups is 1. The molecule has 0 amide bonds. The first-order chi connectivity index (χ1) is 10.2. The lowest BCUT2D eigenvalue weighted by Gasteiger charge is -2.15. The number of pyridine rings is 1. The first kappa shape index (κ1) is 13.8. The van der Waals surface area contributed by atoms with Crippen molar-refractivity contribution in [1.29, 1.82) is 0 Å². The molecular weight excluding hydrogens is 268 g/mol. The third-order valence-electron chi connectivity index (χ3n) is 3.57. The highest BCUT2D eigenvalue weighted by Gasteiger charge is 2.28. The molecule has 21 heavy (non-hydrogen) atoms. The zero-order valence-electron chi connectivity index (χ0n) is 11.7. The molecule has 1 aromatic carbocycles. The summed E-state index contributed by atoms with van der Waals surface area (Å²) in [6.45, 7) is 0.354. The van der Waals surface area contributed by atoms with Crippen LogP contribution in [0.2, 0.25) is 0 Å². The third-order valence-corrected chi connectivity index (χ3v) is 3.57. The lowest BCUT2D eigenvalue weighted by molar-refractivity contribution is -0.139. The molecule has 5 nitrogen and oxygen atoms in total. The van der Waals surface area contributed by atoms with Crippen molar-refractivity contribution in [2.24, 2.45) is 0 Å². The second kappa shape index (κ2) is 6.10. The lowest BCUT2D eigenvalue weighted by atomic mass is 10.2. The Labute approximate surface area is 123 Å². The van der Waals surface area contributed by atoms with Crippen LogP contribution in [0.5, 0.6) is 5.75 Å². The molecule has 1 aromatic heterocycles. The highest BCUT2D eigenvalue weighted by molar-refractivity contribution is 5.84. The topological polar surface area (TPSA) is 71.5 Å². The number of nitrogens with zero attached hydrogens (tertiary/aromatic N) is 1. The summed E-state index contributed by atoms with van der Waals surface area (Å²) in [5, 5.41) is 13.3. The van der Waals surface area contributed by atoms with Gasteiger partial charge in [0.05, 0.1) is 6.61 Å². The van der Waals surface area contributed by atoms with Gasteiger partial charge in [-0.3, -0.25) is 9.78 Å². The Bertz CT molecular complexity index is 635. The number of benzene rings is 1. The minimum absolute atomic E-state index is 0.354. The molecule has 2 aromatic rings. The fourth-order valence-corrected chi connectivity index (χ4v) is 2.29. The predicted octanol–water partition coefficient (Wildman–Crippen LogP) is 2.21. The molecule has 0 bridgehead atoms. The number of hydrogen-bond acceptors (Lipinski definition) is 4. The molecule has 1 fully saturated rings. The van der Waals surface area contributed by atoms with Crippen LogP contribution in [0.3, 0.4) is 0 Å². The maximum atomic E-state index is 11.2. The maximum Gasteiger partial charge on any atom is 0.320 e. The number of nitrogens with one attached hydrogen (secondary N) is 1. The molecule has 0 saturated heterocycles. The van der Waals surface area contributed by atoms with Crippen molar-refractivity contribution in [3.05, 3.63) is 36.5 Å². The fourth-order valence-electron chi connectivity index (χ4n) is 2.29. The van der Waals surface area contributed by atoms with E-state index in [1.54, 1.807) is 6.20 Å². The quantitative estimate of drug-likeness (QED) is 0.816. The second-order valence-electron chi connectivity index (χ2n) is 5.30. The monoisotopic (exact) mass is 286 g/mol. The first-order valence-electron chi connectivity index (χ1n) is 7.19. The van der Waals surface area contributed by atoms with E-state index in [1.165, 1.54) is 0 Å². The predicted molar refractivity (Wildman–Crippen MR) is 79.4 cm³/mol. The average molecular weight is 286 g/mol. The van der Waals surface area contributed by atoms with Crippen LogP contribution < -0.4 is 10.1 Å². The summed E-state index contributed by atoms with van der Waals surface area (Å²) in [5.41, 5.74) is 0.807. The van der Waals surface area contributed by atoms with E-state index in [1.807, 2.05) is 30.3 Å². The molecule has 1 aliphatic rings. The van der Waals surface area contributed by atoms with Crippen LogP contribution in [0.1, 0.15) is 19.3 Å². The van der Waals surface area contributed by atoms with E-state index < -0.39 is 12.0 Å². The van der Waals surface area contributed by atoms with Crippen molar-refractivity contribution in [3.63, 3.8) is 0 Å². The van der Waals surface area contributed by atoms with Crippen LogP contribution in [-0.2, 0) is 4.79 Å². The van der Waals surface area contributed by atoms with Crippen LogP contribution in [0.25, 0.3) is 10.9 Å². The maximum absolute atomic E-state index is 11.2. The van der Waals surface area contributed by atoms with Crippen LogP contribution >= 0.6 is 0 Å². The number of hydrogen-bond donors (Lipinski definition) is 2. The Hall–Kier alpha value is -2.14. The smallest absolute Gasteiger partial charge is 0.320 e. The SMILES string of the molecule is O=C(O)C(CCOc1cccc2cccnc12)NC1CC1. The van der Waals surface area contributed by atoms with E-state index >= 15 is 0 Å². The van der Waals surface area contributed by atoms with E-state index in [-0.39, 0.29) is 0 Å². The van der Waals surface area contributed by atoms with Gasteiger partial charge in [0.2, 0.25) is 0 Å². The number of ether oxygens (including phenoxy) is 1. The Morgan fingerprint density at radius 1 is 1.38 bits per heavy atom. The molecule has 0 aliphatic heterocycles. The molecule has 1 aliphatic carbocycles. The number of para-hydroxylation sites is 1. The summed E-state index contributed by atoms with van der Waals surface area (Å²) in [6.07, 6.45) is 4.30. The second-order valence-corrected chi connectivity index (χ2v) is 5.30. The minimum Gasteiger partial charge on any atom is -0.491 e. The Morgan fingerprint density at radius 2 is 2.19 bits per heavy atom. The first-order valence-corrected chi connectivity index (χ1v) is 7.19. The molecule has 0 spiro atoms. The summed E-state index contributed by atoms with van der Waals surface area (Å²) in [4.78, 5) is 15.5. The Balaban J connectivity index is 1.61. The molecule has 1 unspecified atom stereocenters. The summed E-state index contributed by atoms with van der Waals surface area (Å²) in [6, 6.07) is 9.43. The van der Waals surface area contributed by atoms with E-state index in [2.05, 4.69) is 10.3 Å². The molecule has 1 atom stereocenters. The summed E-state index contributed by atoms with van der Waals surface area (Å²) in [7, 11) is 0. The average Bonchev–Trinajstić information content (AvgIpc) is 3.30. The van der Waals surface area contributed by atoms with Crippen molar-refractivity contribution in [1.82, 2.24) is 10.3 Å². The molecule has 0 radical (unpaired) electrons. The van der Waals surface area contributed by atoms with Gasteiger partial charge in [-0.05, 0) is 25.0 Å². The van der Waals surface area contributed by atoms with E-state index in [0.717, 1.165) is 23.7 Å². The number of aromatic nitrogens is 1. The van der Waals surface area contributed by atoms with Crippen LogP contribution in [0.4, 0.5) is 0 Å². The molecule has 3 rings (SSSR count). The molecule has 110 valence electrons. The number of aliphatic carboxylic acids is 1. The molecule has 1 saturated carbocycles. The molecule has 1 heterocycles. The van der Waals surface area contributed by atoms with Crippen molar-refractivity contribution in [2.75, 3.05) is 6.61 Å². The largest absolute Gasteiger partial charge is 0.491 e. The van der Waals surface area contributed by atoms with Crippen LogP contribution in [0, 0.1) is 0 Å². The van der Waals surface area contributed by atoms with Gasteiger partial charge < -0.3 is 15.2 Å². The zero-order chi connectivity index (χ0) is 14.7. The number of rotatable bonds is 7. The van der Waals surface area contributed by atoms with Crippen LogP contribution in [0.15, 0.2) is 36.5 Å². The van der Waals surface area contributed by atoms with Crippen molar-refractivity contribution < 1.29 is 14.6 Å². The van der Waals surface area contributed by atoms with Gasteiger partial charge in [-0.2, -0.15) is 0 Å². The molecular formula is C16H18N2O3. The molecule has 5 heteroatoms. The van der Waals surface area contributed by atoms with Crippen molar-refractivity contribution in [2.45, 2.75) is 31.3 Å². The van der Waals surface area contributed by atoms with E-state index in [0.29, 0.717) is 24.8 Å². The van der Waals surface area contributed by atoms with Crippen molar-refractivity contribution in [3.8, 4) is 5.75 Å². The van der Waals surface area contributed by atoms with E-state index in [9.17, 15) is 9.90 Å². The minimum atomic E-state index is -0.818. The number of carboxylic acid groups (broad SMARTS) is 1. The van der Waals surface area contributed by atoms with E-state index in [4.69, 9.17) is 4.74 Å². The van der Waals surface area contributed by atoms with Crippen LogP contribution in [-0.4, -0.2) is 34.8 Å². The highest BCUT2D eigenvalue weighted by Crippen LogP contribution is 2.23. The van der Waals surface area contributed by atoms with Gasteiger partial charge >= 0.3 is 5.97 Å². The van der Waals surface area contributed by atoms with Crippen molar-refractivity contribution >= 4 is 16.9 Å². The van der Waals surface area contributed by atoms with Gasteiger partial charge in [0.15, 0.2) is 0 Å². The summed E-state index contributed by atoms with van der Waals surface area (Å²) < 4.78 is 5.74. The van der Waals surface area contributed by atoms with Gasteiger partial charge in [0.25, 0.3) is 0 Å². The zero-order valence-corrected chi connectivity index (χ0v) is 11.7. The van der Waals surface area contributed by atoms with Gasteiger partial charge in [-0.15, -0.1) is 0 Å². The number of fused-ring (bicyclic) bond motifs is 1. The Kier molecular flexibility index (Phi) is 4.01. The normalized spacial score (nSPS) is 15.8. The molecule has 2 N–H and O–H groups in total. The Morgan fingerprint density at radius 3 is 2.95 bits per heavy atom. The highest BCUT2D eigenvalue weighted by atomic mass is 16.5. The van der Waals surface area contributed by atoms with Gasteiger partial charge in [-0.1, -0.05) is 18.2 Å². The number of carboxylic acids is 1. The van der Waals surface area contributed by atoms with Gasteiger partial charge in [-0.25, -0.2) is 0 Å².